The third-order valence-electron chi connectivity index (χ3n) is 2.67. The number of aliphatic carboxylic acids is 1. The van der Waals surface area contributed by atoms with E-state index in [4.69, 9.17) is 5.11 Å². The minimum Gasteiger partial charge on any atom is -0.480 e. The van der Waals surface area contributed by atoms with E-state index < -0.39 is 17.9 Å². The van der Waals surface area contributed by atoms with Gasteiger partial charge in [-0.1, -0.05) is 26.2 Å². The Kier molecular flexibility index (Phi) is 5.35. The van der Waals surface area contributed by atoms with E-state index in [-0.39, 0.29) is 0 Å². The van der Waals surface area contributed by atoms with Crippen LogP contribution in [0.3, 0.4) is 0 Å². The van der Waals surface area contributed by atoms with Crippen molar-refractivity contribution in [3.8, 4) is 0 Å². The normalized spacial score (nSPS) is 12.1. The Labute approximate surface area is 106 Å². The van der Waals surface area contributed by atoms with Gasteiger partial charge >= 0.3 is 5.97 Å². The van der Waals surface area contributed by atoms with Gasteiger partial charge in [-0.3, -0.25) is 9.48 Å². The molecule has 0 aliphatic heterocycles. The van der Waals surface area contributed by atoms with Crippen LogP contribution in [0.2, 0.25) is 0 Å². The molecule has 0 radical (unpaired) electrons. The number of rotatable bonds is 7. The molecule has 0 unspecified atom stereocenters. The molecule has 1 aromatic rings. The second kappa shape index (κ2) is 6.78. The quantitative estimate of drug-likeness (QED) is 0.715. The largest absolute Gasteiger partial charge is 0.480 e. The number of carbonyl (C=O) groups is 2. The van der Waals surface area contributed by atoms with Gasteiger partial charge in [0.1, 0.15) is 6.04 Å². The molecule has 6 heteroatoms. The Morgan fingerprint density at radius 2 is 2.22 bits per heavy atom. The van der Waals surface area contributed by atoms with Crippen LogP contribution < -0.4 is 5.32 Å². The van der Waals surface area contributed by atoms with Crippen molar-refractivity contribution in [2.75, 3.05) is 0 Å². The number of nitrogens with one attached hydrogen (secondary N) is 1. The molecule has 0 spiro atoms. The van der Waals surface area contributed by atoms with Crippen molar-refractivity contribution in [2.24, 2.45) is 7.05 Å². The van der Waals surface area contributed by atoms with E-state index in [0.717, 1.165) is 19.3 Å². The van der Waals surface area contributed by atoms with Gasteiger partial charge in [0.05, 0.1) is 11.8 Å². The fraction of sp³-hybridized carbons (Fsp3) is 0.583. The summed E-state index contributed by atoms with van der Waals surface area (Å²) >= 11 is 0. The average Bonchev–Trinajstić information content (AvgIpc) is 2.74. The van der Waals surface area contributed by atoms with E-state index in [0.29, 0.717) is 12.0 Å². The third kappa shape index (κ3) is 4.20. The molecule has 1 heterocycles. The Hall–Kier alpha value is -1.85. The Morgan fingerprint density at radius 3 is 2.72 bits per heavy atom. The smallest absolute Gasteiger partial charge is 0.326 e. The van der Waals surface area contributed by atoms with Crippen LogP contribution in [0.25, 0.3) is 0 Å². The predicted molar refractivity (Wildman–Crippen MR) is 66.2 cm³/mol. The van der Waals surface area contributed by atoms with Gasteiger partial charge in [-0.2, -0.15) is 5.10 Å². The number of amides is 1. The first-order valence-electron chi connectivity index (χ1n) is 6.07. The standard InChI is InChI=1S/C12H19N3O3/c1-3-4-5-6-10(12(17)18)14-11(16)9-7-13-15(2)8-9/h7-8,10H,3-6H2,1-2H3,(H,14,16)(H,17,18)/t10-/m0/s1. The van der Waals surface area contributed by atoms with E-state index in [2.05, 4.69) is 10.4 Å². The summed E-state index contributed by atoms with van der Waals surface area (Å²) < 4.78 is 1.50. The molecule has 18 heavy (non-hydrogen) atoms. The summed E-state index contributed by atoms with van der Waals surface area (Å²) in [5.74, 6) is -1.39. The highest BCUT2D eigenvalue weighted by Crippen LogP contribution is 2.05. The minimum atomic E-state index is -0.997. The van der Waals surface area contributed by atoms with E-state index >= 15 is 0 Å². The zero-order valence-electron chi connectivity index (χ0n) is 10.7. The highest BCUT2D eigenvalue weighted by atomic mass is 16.4. The van der Waals surface area contributed by atoms with Crippen molar-refractivity contribution in [3.05, 3.63) is 18.0 Å². The maximum atomic E-state index is 11.8. The van der Waals surface area contributed by atoms with Crippen molar-refractivity contribution in [3.63, 3.8) is 0 Å². The molecule has 0 aromatic carbocycles. The Morgan fingerprint density at radius 1 is 1.50 bits per heavy atom. The van der Waals surface area contributed by atoms with Crippen LogP contribution in [0, 0.1) is 0 Å². The van der Waals surface area contributed by atoms with Gasteiger partial charge < -0.3 is 10.4 Å². The fourth-order valence-electron chi connectivity index (χ4n) is 1.64. The lowest BCUT2D eigenvalue weighted by atomic mass is 10.1. The number of carboxylic acid groups (broad SMARTS) is 1. The van der Waals surface area contributed by atoms with Crippen LogP contribution in [-0.4, -0.2) is 32.8 Å². The van der Waals surface area contributed by atoms with Gasteiger partial charge in [0, 0.05) is 13.2 Å². The lowest BCUT2D eigenvalue weighted by Gasteiger charge is -2.13. The molecule has 0 aliphatic rings. The Bertz CT molecular complexity index is 414. The molecule has 2 N–H and O–H groups in total. The number of carboxylic acids is 1. The van der Waals surface area contributed by atoms with Crippen molar-refractivity contribution in [1.29, 1.82) is 0 Å². The molecular formula is C12H19N3O3. The summed E-state index contributed by atoms with van der Waals surface area (Å²) in [6.07, 6.45) is 6.20. The van der Waals surface area contributed by atoms with E-state index in [1.165, 1.54) is 10.9 Å². The molecule has 0 saturated carbocycles. The summed E-state index contributed by atoms with van der Waals surface area (Å²) in [6.45, 7) is 2.05. The number of nitrogens with zero attached hydrogens (tertiary/aromatic N) is 2. The van der Waals surface area contributed by atoms with Gasteiger partial charge in [-0.25, -0.2) is 4.79 Å². The highest BCUT2D eigenvalue weighted by molar-refractivity contribution is 5.96. The van der Waals surface area contributed by atoms with Crippen molar-refractivity contribution in [1.82, 2.24) is 15.1 Å². The lowest BCUT2D eigenvalue weighted by molar-refractivity contribution is -0.139. The van der Waals surface area contributed by atoms with Crippen molar-refractivity contribution < 1.29 is 14.7 Å². The number of hydrogen-bond acceptors (Lipinski definition) is 3. The maximum Gasteiger partial charge on any atom is 0.326 e. The zero-order chi connectivity index (χ0) is 13.5. The summed E-state index contributed by atoms with van der Waals surface area (Å²) in [4.78, 5) is 22.8. The molecule has 0 fully saturated rings. The number of carbonyl (C=O) groups excluding carboxylic acids is 1. The van der Waals surface area contributed by atoms with E-state index in [1.54, 1.807) is 13.2 Å². The molecule has 100 valence electrons. The second-order valence-corrected chi connectivity index (χ2v) is 4.26. The van der Waals surface area contributed by atoms with Gasteiger partial charge in [0.2, 0.25) is 0 Å². The number of aryl methyl sites for hydroxylation is 1. The average molecular weight is 253 g/mol. The first kappa shape index (κ1) is 14.2. The fourth-order valence-corrected chi connectivity index (χ4v) is 1.64. The lowest BCUT2D eigenvalue weighted by Crippen LogP contribution is -2.40. The van der Waals surface area contributed by atoms with Crippen LogP contribution >= 0.6 is 0 Å². The molecule has 0 bridgehead atoms. The van der Waals surface area contributed by atoms with Crippen LogP contribution in [-0.2, 0) is 11.8 Å². The molecule has 0 aliphatic carbocycles. The first-order chi connectivity index (χ1) is 8.54. The summed E-state index contributed by atoms with van der Waals surface area (Å²) in [6, 6.07) is -0.829. The van der Waals surface area contributed by atoms with Crippen molar-refractivity contribution in [2.45, 2.75) is 38.6 Å². The SMILES string of the molecule is CCCCC[C@H](NC(=O)c1cnn(C)c1)C(=O)O. The molecule has 1 amide bonds. The second-order valence-electron chi connectivity index (χ2n) is 4.26. The van der Waals surface area contributed by atoms with Crippen LogP contribution in [0.1, 0.15) is 43.0 Å². The van der Waals surface area contributed by atoms with E-state index in [1.807, 2.05) is 6.92 Å². The molecule has 6 nitrogen and oxygen atoms in total. The highest BCUT2D eigenvalue weighted by Gasteiger charge is 2.20. The van der Waals surface area contributed by atoms with Crippen LogP contribution in [0.5, 0.6) is 0 Å². The van der Waals surface area contributed by atoms with Gasteiger partial charge in [0.25, 0.3) is 5.91 Å². The topological polar surface area (TPSA) is 84.2 Å². The minimum absolute atomic E-state index is 0.374. The summed E-state index contributed by atoms with van der Waals surface area (Å²) in [5.41, 5.74) is 0.374. The monoisotopic (exact) mass is 253 g/mol. The van der Waals surface area contributed by atoms with Crippen LogP contribution in [0.15, 0.2) is 12.4 Å². The third-order valence-corrected chi connectivity index (χ3v) is 2.67. The molecule has 0 saturated heterocycles. The predicted octanol–water partition coefficient (Wildman–Crippen LogP) is 1.18. The summed E-state index contributed by atoms with van der Waals surface area (Å²) in [5, 5.41) is 15.4. The summed E-state index contributed by atoms with van der Waals surface area (Å²) in [7, 11) is 1.70. The number of aromatic nitrogens is 2. The van der Waals surface area contributed by atoms with Gasteiger partial charge in [-0.05, 0) is 6.42 Å². The maximum absolute atomic E-state index is 11.8. The van der Waals surface area contributed by atoms with Gasteiger partial charge in [0.15, 0.2) is 0 Å². The number of unbranched alkanes of at least 4 members (excludes halogenated alkanes) is 2. The Balaban J connectivity index is 2.55. The molecular weight excluding hydrogens is 234 g/mol. The van der Waals surface area contributed by atoms with E-state index in [9.17, 15) is 9.59 Å². The molecule has 1 rings (SSSR count). The molecule has 1 atom stereocenters. The molecule has 1 aromatic heterocycles. The van der Waals surface area contributed by atoms with Crippen LogP contribution in [0.4, 0.5) is 0 Å². The van der Waals surface area contributed by atoms with Crippen molar-refractivity contribution >= 4 is 11.9 Å². The first-order valence-corrected chi connectivity index (χ1v) is 6.07. The zero-order valence-corrected chi connectivity index (χ0v) is 10.7. The van der Waals surface area contributed by atoms with Gasteiger partial charge in [-0.15, -0.1) is 0 Å². The number of hydrogen-bond donors (Lipinski definition) is 2.